The van der Waals surface area contributed by atoms with Crippen molar-refractivity contribution in [2.24, 2.45) is 28.1 Å². The molecule has 1 aliphatic rings. The molecule has 21 heavy (non-hydrogen) atoms. The number of hydrogen-bond acceptors (Lipinski definition) is 1. The maximum absolute atomic E-state index is 3.75. The first kappa shape index (κ1) is 19.0. The highest BCUT2D eigenvalue weighted by Gasteiger charge is 2.62. The predicted octanol–water partition coefficient (Wildman–Crippen LogP) is 5.89. The van der Waals surface area contributed by atoms with E-state index in [-0.39, 0.29) is 0 Å². The first-order valence-electron chi connectivity index (χ1n) is 8.98. The summed E-state index contributed by atoms with van der Waals surface area (Å²) >= 11 is 0. The molecule has 1 heteroatoms. The molecule has 0 aromatic carbocycles. The van der Waals surface area contributed by atoms with Gasteiger partial charge in [0.25, 0.3) is 0 Å². The Labute approximate surface area is 134 Å². The van der Waals surface area contributed by atoms with Gasteiger partial charge in [-0.25, -0.2) is 0 Å². The topological polar surface area (TPSA) is 21.9 Å². The molecule has 0 spiro atoms. The van der Waals surface area contributed by atoms with Gasteiger partial charge in [0.05, 0.1) is 0 Å². The molecule has 0 saturated carbocycles. The third-order valence-electron chi connectivity index (χ3n) is 6.66. The zero-order valence-electron chi connectivity index (χ0n) is 16.6. The lowest BCUT2D eigenvalue weighted by Crippen LogP contribution is -2.50. The van der Waals surface area contributed by atoms with Gasteiger partial charge in [-0.1, -0.05) is 68.7 Å². The van der Waals surface area contributed by atoms with Crippen LogP contribution in [0.4, 0.5) is 0 Å². The molecule has 1 fully saturated rings. The standard InChI is InChI=1S/C20H41N/c1-12-15(13-17(4,5)6)20(11,14(2)3)18(7,8)16-19(9,10)21-16/h14-16,21H,12-13H2,1-11H3. The lowest BCUT2D eigenvalue weighted by atomic mass is 9.50. The molecule has 0 aromatic rings. The van der Waals surface area contributed by atoms with Gasteiger partial charge in [0, 0.05) is 11.6 Å². The Kier molecular flexibility index (Phi) is 5.02. The van der Waals surface area contributed by atoms with Crippen LogP contribution in [0.2, 0.25) is 0 Å². The van der Waals surface area contributed by atoms with E-state index < -0.39 is 0 Å². The van der Waals surface area contributed by atoms with Crippen LogP contribution in [-0.4, -0.2) is 11.6 Å². The summed E-state index contributed by atoms with van der Waals surface area (Å²) in [7, 11) is 0. The summed E-state index contributed by atoms with van der Waals surface area (Å²) in [5.41, 5.74) is 1.36. The van der Waals surface area contributed by atoms with Crippen molar-refractivity contribution in [1.82, 2.24) is 5.32 Å². The average molecular weight is 296 g/mol. The monoisotopic (exact) mass is 295 g/mol. The zero-order chi connectivity index (χ0) is 16.9. The van der Waals surface area contributed by atoms with Crippen LogP contribution in [0.5, 0.6) is 0 Å². The van der Waals surface area contributed by atoms with E-state index >= 15 is 0 Å². The van der Waals surface area contributed by atoms with E-state index in [1.807, 2.05) is 0 Å². The average Bonchev–Trinajstić information content (AvgIpc) is 2.93. The molecule has 0 aromatic heterocycles. The van der Waals surface area contributed by atoms with Gasteiger partial charge in [-0.05, 0) is 48.3 Å². The molecule has 1 aliphatic heterocycles. The maximum atomic E-state index is 3.75. The van der Waals surface area contributed by atoms with Gasteiger partial charge in [-0.15, -0.1) is 0 Å². The first-order chi connectivity index (χ1) is 9.20. The normalized spacial score (nSPS) is 26.6. The van der Waals surface area contributed by atoms with Gasteiger partial charge in [-0.3, -0.25) is 0 Å². The van der Waals surface area contributed by atoms with Crippen LogP contribution in [0.25, 0.3) is 0 Å². The van der Waals surface area contributed by atoms with Crippen molar-refractivity contribution < 1.29 is 0 Å². The highest BCUT2D eigenvalue weighted by atomic mass is 15.2. The molecule has 1 heterocycles. The third-order valence-corrected chi connectivity index (χ3v) is 6.66. The highest BCUT2D eigenvalue weighted by Crippen LogP contribution is 2.59. The molecule has 1 saturated heterocycles. The molecule has 1 nitrogen and oxygen atoms in total. The van der Waals surface area contributed by atoms with Crippen LogP contribution in [0.15, 0.2) is 0 Å². The van der Waals surface area contributed by atoms with Crippen molar-refractivity contribution in [2.75, 3.05) is 0 Å². The minimum atomic E-state index is 0.302. The molecule has 1 rings (SSSR count). The van der Waals surface area contributed by atoms with Crippen molar-refractivity contribution in [3.63, 3.8) is 0 Å². The van der Waals surface area contributed by atoms with Gasteiger partial charge in [-0.2, -0.15) is 0 Å². The van der Waals surface area contributed by atoms with Crippen molar-refractivity contribution in [2.45, 2.75) is 101 Å². The largest absolute Gasteiger partial charge is 0.305 e. The van der Waals surface area contributed by atoms with Gasteiger partial charge < -0.3 is 5.32 Å². The van der Waals surface area contributed by atoms with Crippen molar-refractivity contribution in [3.05, 3.63) is 0 Å². The smallest absolute Gasteiger partial charge is 0.0306 e. The molecule has 0 aliphatic carbocycles. The fourth-order valence-electron chi connectivity index (χ4n) is 4.98. The van der Waals surface area contributed by atoms with Gasteiger partial charge in [0.1, 0.15) is 0 Å². The summed E-state index contributed by atoms with van der Waals surface area (Å²) in [6, 6.07) is 0.631. The summed E-state index contributed by atoms with van der Waals surface area (Å²) in [6.07, 6.45) is 2.59. The third kappa shape index (κ3) is 3.49. The fraction of sp³-hybridized carbons (Fsp3) is 1.00. The van der Waals surface area contributed by atoms with E-state index in [2.05, 4.69) is 81.5 Å². The first-order valence-corrected chi connectivity index (χ1v) is 8.98. The van der Waals surface area contributed by atoms with E-state index in [9.17, 15) is 0 Å². The Balaban J connectivity index is 3.18. The Morgan fingerprint density at radius 3 is 1.67 bits per heavy atom. The van der Waals surface area contributed by atoms with Crippen LogP contribution >= 0.6 is 0 Å². The summed E-state index contributed by atoms with van der Waals surface area (Å²) in [6.45, 7) is 26.7. The summed E-state index contributed by atoms with van der Waals surface area (Å²) in [4.78, 5) is 0. The van der Waals surface area contributed by atoms with E-state index in [1.165, 1.54) is 12.8 Å². The summed E-state index contributed by atoms with van der Waals surface area (Å²) < 4.78 is 0. The molecule has 126 valence electrons. The quantitative estimate of drug-likeness (QED) is 0.606. The van der Waals surface area contributed by atoms with Crippen molar-refractivity contribution in [3.8, 4) is 0 Å². The summed E-state index contributed by atoms with van der Waals surface area (Å²) in [5.74, 6) is 1.46. The molecular formula is C20H41N. The molecule has 0 amide bonds. The molecule has 3 unspecified atom stereocenters. The Morgan fingerprint density at radius 1 is 1.00 bits per heavy atom. The second kappa shape index (κ2) is 5.55. The SMILES string of the molecule is CCC(CC(C)(C)C)C(C)(C(C)C)C(C)(C)C1NC1(C)C. The molecule has 0 bridgehead atoms. The number of hydrogen-bond donors (Lipinski definition) is 1. The van der Waals surface area contributed by atoms with Crippen LogP contribution < -0.4 is 5.32 Å². The minimum Gasteiger partial charge on any atom is -0.305 e. The lowest BCUT2D eigenvalue weighted by molar-refractivity contribution is -0.0466. The van der Waals surface area contributed by atoms with Crippen LogP contribution in [0, 0.1) is 28.1 Å². The van der Waals surface area contributed by atoms with Gasteiger partial charge in [0.15, 0.2) is 0 Å². The van der Waals surface area contributed by atoms with Crippen molar-refractivity contribution in [1.29, 1.82) is 0 Å². The van der Waals surface area contributed by atoms with Crippen molar-refractivity contribution >= 4 is 0 Å². The van der Waals surface area contributed by atoms with Gasteiger partial charge in [0.2, 0.25) is 0 Å². The van der Waals surface area contributed by atoms with Crippen LogP contribution in [0.1, 0.15) is 89.0 Å². The summed E-state index contributed by atoms with van der Waals surface area (Å²) in [5, 5.41) is 3.75. The highest BCUT2D eigenvalue weighted by molar-refractivity contribution is 5.18. The molecule has 3 atom stereocenters. The Bertz CT molecular complexity index is 359. The van der Waals surface area contributed by atoms with Gasteiger partial charge >= 0.3 is 0 Å². The minimum absolute atomic E-state index is 0.302. The van der Waals surface area contributed by atoms with E-state index in [0.717, 1.165) is 5.92 Å². The second-order valence-electron chi connectivity index (χ2n) is 10.3. The Morgan fingerprint density at radius 2 is 1.43 bits per heavy atom. The molecule has 0 radical (unpaired) electrons. The van der Waals surface area contributed by atoms with E-state index in [1.54, 1.807) is 0 Å². The number of nitrogens with one attached hydrogen (secondary N) is 1. The predicted molar refractivity (Wildman–Crippen MR) is 95.6 cm³/mol. The lowest BCUT2D eigenvalue weighted by Gasteiger charge is -2.54. The van der Waals surface area contributed by atoms with E-state index in [0.29, 0.717) is 33.7 Å². The van der Waals surface area contributed by atoms with Crippen LogP contribution in [-0.2, 0) is 0 Å². The fourth-order valence-corrected chi connectivity index (χ4v) is 4.98. The van der Waals surface area contributed by atoms with Crippen LogP contribution in [0.3, 0.4) is 0 Å². The molecule has 1 N–H and O–H groups in total. The zero-order valence-corrected chi connectivity index (χ0v) is 16.6. The number of rotatable bonds is 6. The second-order valence-corrected chi connectivity index (χ2v) is 10.3. The Hall–Kier alpha value is -0.0400. The maximum Gasteiger partial charge on any atom is 0.0306 e. The molecular weight excluding hydrogens is 254 g/mol. The van der Waals surface area contributed by atoms with E-state index in [4.69, 9.17) is 0 Å².